The van der Waals surface area contributed by atoms with Crippen molar-refractivity contribution in [2.75, 3.05) is 13.7 Å². The van der Waals surface area contributed by atoms with Crippen molar-refractivity contribution in [2.24, 2.45) is 0 Å². The van der Waals surface area contributed by atoms with E-state index in [1.54, 1.807) is 18.9 Å². The van der Waals surface area contributed by atoms with Crippen LogP contribution in [0.4, 0.5) is 4.79 Å². The van der Waals surface area contributed by atoms with E-state index in [1.165, 1.54) is 0 Å². The first kappa shape index (κ1) is 13.4. The number of ether oxygens (including phenoxy) is 2. The molecule has 0 radical (unpaired) electrons. The van der Waals surface area contributed by atoms with Gasteiger partial charge in [-0.1, -0.05) is 5.16 Å². The number of amides is 1. The van der Waals surface area contributed by atoms with Crippen LogP contribution >= 0.6 is 0 Å². The molecule has 0 aromatic carbocycles. The SMILES string of the molecule is CO[C@H]1C[C@H](c2nc(C)no2)N(C(=O)OC2CCC2)C1. The summed E-state index contributed by atoms with van der Waals surface area (Å²) in [6.07, 6.45) is 3.42. The van der Waals surface area contributed by atoms with Gasteiger partial charge in [0.1, 0.15) is 12.1 Å². The van der Waals surface area contributed by atoms with E-state index in [9.17, 15) is 4.79 Å². The Hall–Kier alpha value is -1.63. The molecule has 0 spiro atoms. The Labute approximate surface area is 117 Å². The van der Waals surface area contributed by atoms with E-state index < -0.39 is 0 Å². The first-order valence-electron chi connectivity index (χ1n) is 6.97. The third kappa shape index (κ3) is 2.49. The van der Waals surface area contributed by atoms with Gasteiger partial charge in [-0.3, -0.25) is 4.90 Å². The number of hydrogen-bond acceptors (Lipinski definition) is 6. The lowest BCUT2D eigenvalue weighted by atomic mass is 9.96. The van der Waals surface area contributed by atoms with Crippen LogP contribution in [0.3, 0.4) is 0 Å². The summed E-state index contributed by atoms with van der Waals surface area (Å²) in [5, 5.41) is 3.79. The van der Waals surface area contributed by atoms with Crippen LogP contribution in [0, 0.1) is 6.92 Å². The first-order valence-corrected chi connectivity index (χ1v) is 6.97. The normalized spacial score (nSPS) is 26.6. The van der Waals surface area contributed by atoms with E-state index in [0.717, 1.165) is 19.3 Å². The smallest absolute Gasteiger partial charge is 0.410 e. The lowest BCUT2D eigenvalue weighted by Crippen LogP contribution is -2.37. The molecule has 110 valence electrons. The van der Waals surface area contributed by atoms with E-state index in [-0.39, 0.29) is 24.3 Å². The number of methoxy groups -OCH3 is 1. The molecular weight excluding hydrogens is 262 g/mol. The minimum Gasteiger partial charge on any atom is -0.446 e. The molecule has 7 nitrogen and oxygen atoms in total. The molecule has 2 heterocycles. The number of aryl methyl sites for hydroxylation is 1. The van der Waals surface area contributed by atoms with E-state index in [0.29, 0.717) is 24.7 Å². The first-order chi connectivity index (χ1) is 9.67. The molecule has 20 heavy (non-hydrogen) atoms. The molecule has 3 rings (SSSR count). The Bertz CT molecular complexity index is 486. The maximum absolute atomic E-state index is 12.3. The zero-order chi connectivity index (χ0) is 14.1. The molecule has 1 aliphatic carbocycles. The maximum Gasteiger partial charge on any atom is 0.410 e. The van der Waals surface area contributed by atoms with Gasteiger partial charge in [-0.15, -0.1) is 0 Å². The monoisotopic (exact) mass is 281 g/mol. The fourth-order valence-electron chi connectivity index (χ4n) is 2.55. The average Bonchev–Trinajstić information content (AvgIpc) is 2.99. The van der Waals surface area contributed by atoms with Gasteiger partial charge < -0.3 is 14.0 Å². The van der Waals surface area contributed by atoms with E-state index in [2.05, 4.69) is 10.1 Å². The second-order valence-electron chi connectivity index (χ2n) is 5.38. The Kier molecular flexibility index (Phi) is 3.60. The highest BCUT2D eigenvalue weighted by molar-refractivity contribution is 5.69. The van der Waals surface area contributed by atoms with Crippen molar-refractivity contribution in [3.8, 4) is 0 Å². The molecule has 1 aromatic rings. The van der Waals surface area contributed by atoms with Crippen LogP contribution in [0.2, 0.25) is 0 Å². The zero-order valence-electron chi connectivity index (χ0n) is 11.7. The van der Waals surface area contributed by atoms with Crippen molar-refractivity contribution in [3.05, 3.63) is 11.7 Å². The molecule has 2 fully saturated rings. The van der Waals surface area contributed by atoms with Crippen LogP contribution in [0.15, 0.2) is 4.52 Å². The lowest BCUT2D eigenvalue weighted by Gasteiger charge is -2.29. The van der Waals surface area contributed by atoms with E-state index >= 15 is 0 Å². The largest absolute Gasteiger partial charge is 0.446 e. The van der Waals surface area contributed by atoms with Gasteiger partial charge in [0.25, 0.3) is 0 Å². The van der Waals surface area contributed by atoms with Crippen LogP contribution in [0.1, 0.15) is 43.4 Å². The van der Waals surface area contributed by atoms with Crippen molar-refractivity contribution in [1.82, 2.24) is 15.0 Å². The molecule has 1 saturated heterocycles. The number of aromatic nitrogens is 2. The number of rotatable bonds is 3. The fraction of sp³-hybridized carbons (Fsp3) is 0.769. The fourth-order valence-corrected chi connectivity index (χ4v) is 2.55. The van der Waals surface area contributed by atoms with Crippen molar-refractivity contribution in [2.45, 2.75) is 50.9 Å². The number of likely N-dealkylation sites (tertiary alicyclic amines) is 1. The van der Waals surface area contributed by atoms with E-state index in [1.807, 2.05) is 0 Å². The zero-order valence-corrected chi connectivity index (χ0v) is 11.7. The molecule has 2 atom stereocenters. The van der Waals surface area contributed by atoms with Gasteiger partial charge in [0, 0.05) is 13.5 Å². The van der Waals surface area contributed by atoms with Crippen LogP contribution in [0.5, 0.6) is 0 Å². The van der Waals surface area contributed by atoms with Crippen LogP contribution < -0.4 is 0 Å². The van der Waals surface area contributed by atoms with Crippen molar-refractivity contribution < 1.29 is 18.8 Å². The summed E-state index contributed by atoms with van der Waals surface area (Å²) in [6.45, 7) is 2.25. The Morgan fingerprint density at radius 2 is 2.20 bits per heavy atom. The summed E-state index contributed by atoms with van der Waals surface area (Å²) < 4.78 is 16.0. The summed E-state index contributed by atoms with van der Waals surface area (Å²) in [5.41, 5.74) is 0. The highest BCUT2D eigenvalue weighted by Crippen LogP contribution is 2.34. The summed E-state index contributed by atoms with van der Waals surface area (Å²) in [4.78, 5) is 18.1. The molecule has 1 saturated carbocycles. The average molecular weight is 281 g/mol. The molecule has 2 aliphatic rings. The number of carbonyl (C=O) groups excluding carboxylic acids is 1. The molecule has 1 aromatic heterocycles. The van der Waals surface area contributed by atoms with Gasteiger partial charge in [-0.2, -0.15) is 4.98 Å². The summed E-state index contributed by atoms with van der Waals surface area (Å²) in [5.74, 6) is 1.01. The van der Waals surface area contributed by atoms with Crippen molar-refractivity contribution >= 4 is 6.09 Å². The van der Waals surface area contributed by atoms with Gasteiger partial charge in [-0.25, -0.2) is 4.79 Å². The van der Waals surface area contributed by atoms with Crippen LogP contribution in [0.25, 0.3) is 0 Å². The predicted octanol–water partition coefficient (Wildman–Crippen LogP) is 1.83. The second-order valence-corrected chi connectivity index (χ2v) is 5.38. The van der Waals surface area contributed by atoms with Gasteiger partial charge in [0.15, 0.2) is 5.82 Å². The molecule has 7 heteroatoms. The van der Waals surface area contributed by atoms with Gasteiger partial charge in [0.05, 0.1) is 12.6 Å². The summed E-state index contributed by atoms with van der Waals surface area (Å²) in [6, 6.07) is -0.256. The lowest BCUT2D eigenvalue weighted by molar-refractivity contribution is 0.0196. The van der Waals surface area contributed by atoms with E-state index in [4.69, 9.17) is 14.0 Å². The van der Waals surface area contributed by atoms with Gasteiger partial charge >= 0.3 is 6.09 Å². The van der Waals surface area contributed by atoms with Crippen molar-refractivity contribution in [3.63, 3.8) is 0 Å². The second kappa shape index (κ2) is 5.40. The molecule has 1 aliphatic heterocycles. The number of nitrogens with zero attached hydrogens (tertiary/aromatic N) is 3. The molecule has 0 N–H and O–H groups in total. The Morgan fingerprint density at radius 3 is 2.75 bits per heavy atom. The Morgan fingerprint density at radius 1 is 1.40 bits per heavy atom. The van der Waals surface area contributed by atoms with Gasteiger partial charge in [-0.05, 0) is 26.2 Å². The third-order valence-corrected chi connectivity index (χ3v) is 3.98. The number of hydrogen-bond donors (Lipinski definition) is 0. The molecular formula is C13H19N3O4. The quantitative estimate of drug-likeness (QED) is 0.841. The highest BCUT2D eigenvalue weighted by atomic mass is 16.6. The van der Waals surface area contributed by atoms with Crippen LogP contribution in [-0.2, 0) is 9.47 Å². The standard InChI is InChI=1S/C13H19N3O4/c1-8-14-12(20-15-8)11-6-10(18-2)7-16(11)13(17)19-9-4-3-5-9/h9-11H,3-7H2,1-2H3/t10-,11+/m0/s1. The predicted molar refractivity (Wildman–Crippen MR) is 68.0 cm³/mol. The maximum atomic E-state index is 12.3. The topological polar surface area (TPSA) is 77.7 Å². The minimum absolute atomic E-state index is 0.0267. The minimum atomic E-state index is -0.310. The molecule has 1 amide bonds. The highest BCUT2D eigenvalue weighted by Gasteiger charge is 2.41. The van der Waals surface area contributed by atoms with Gasteiger partial charge in [0.2, 0.25) is 5.89 Å². The third-order valence-electron chi connectivity index (χ3n) is 3.98. The summed E-state index contributed by atoms with van der Waals surface area (Å²) in [7, 11) is 1.64. The Balaban J connectivity index is 1.73. The van der Waals surface area contributed by atoms with Crippen molar-refractivity contribution in [1.29, 1.82) is 0 Å². The summed E-state index contributed by atoms with van der Waals surface area (Å²) >= 11 is 0. The molecule has 0 bridgehead atoms. The molecule has 0 unspecified atom stereocenters. The number of carbonyl (C=O) groups is 1. The van der Waals surface area contributed by atoms with Crippen LogP contribution in [-0.4, -0.2) is 47.0 Å².